The first-order chi connectivity index (χ1) is 15.8. The van der Waals surface area contributed by atoms with Crippen LogP contribution in [0.25, 0.3) is 11.4 Å². The van der Waals surface area contributed by atoms with Crippen LogP contribution in [0.4, 0.5) is 26.5 Å². The van der Waals surface area contributed by atoms with Gasteiger partial charge in [0.2, 0.25) is 11.9 Å². The minimum Gasteiger partial charge on any atom is -0.384 e. The molecule has 0 unspecified atom stereocenters. The maximum Gasteiger partial charge on any atom is 0.264 e. The Morgan fingerprint density at radius 2 is 1.94 bits per heavy atom. The smallest absolute Gasteiger partial charge is 0.264 e. The van der Waals surface area contributed by atoms with Gasteiger partial charge in [0.1, 0.15) is 5.82 Å². The van der Waals surface area contributed by atoms with Gasteiger partial charge in [-0.1, -0.05) is 0 Å². The highest BCUT2D eigenvalue weighted by atomic mass is 19.3. The number of pyridine rings is 1. The van der Waals surface area contributed by atoms with Gasteiger partial charge in [-0.3, -0.25) is 0 Å². The normalized spacial score (nSPS) is 21.0. The van der Waals surface area contributed by atoms with E-state index in [0.29, 0.717) is 58.0 Å². The molecular weight excluding hydrogens is 436 g/mol. The summed E-state index contributed by atoms with van der Waals surface area (Å²) in [6.45, 7) is 7.47. The molecule has 0 amide bonds. The van der Waals surface area contributed by atoms with E-state index in [0.717, 1.165) is 6.07 Å². The summed E-state index contributed by atoms with van der Waals surface area (Å²) in [5.41, 5.74) is 5.12. The number of methoxy groups -OCH3 is 1. The van der Waals surface area contributed by atoms with Gasteiger partial charge in [0.05, 0.1) is 44.6 Å². The first kappa shape index (κ1) is 23.5. The van der Waals surface area contributed by atoms with Gasteiger partial charge >= 0.3 is 0 Å². The van der Waals surface area contributed by atoms with Gasteiger partial charge in [-0.15, -0.1) is 0 Å². The summed E-state index contributed by atoms with van der Waals surface area (Å²) in [5, 5.41) is 0. The first-order valence-corrected chi connectivity index (χ1v) is 10.8. The number of nitrogen functional groups attached to an aromatic ring is 1. The van der Waals surface area contributed by atoms with Crippen LogP contribution in [0.2, 0.25) is 0 Å². The Hall–Kier alpha value is -2.70. The highest BCUT2D eigenvalue weighted by Gasteiger charge is 2.35. The first-order valence-electron chi connectivity index (χ1n) is 10.8. The summed E-state index contributed by atoms with van der Waals surface area (Å²) in [4.78, 5) is 22.0. The quantitative estimate of drug-likeness (QED) is 0.679. The van der Waals surface area contributed by atoms with Crippen molar-refractivity contribution in [1.29, 1.82) is 0 Å². The molecule has 0 saturated carbocycles. The fourth-order valence-corrected chi connectivity index (χ4v) is 4.06. The molecule has 2 aliphatic rings. The SMILES string of the molecule is COC[C@@H]1COCCN1c1nc(-c2cnc(N)cc2C(F)F)nc(N2CCOCC2(C)C)n1. The number of halogens is 2. The van der Waals surface area contributed by atoms with Gasteiger partial charge in [0, 0.05) is 37.5 Å². The van der Waals surface area contributed by atoms with Crippen LogP contribution in [0, 0.1) is 0 Å². The van der Waals surface area contributed by atoms with Crippen molar-refractivity contribution < 1.29 is 23.0 Å². The molecule has 4 heterocycles. The van der Waals surface area contributed by atoms with Crippen molar-refractivity contribution >= 4 is 17.7 Å². The van der Waals surface area contributed by atoms with Crippen LogP contribution in [0.3, 0.4) is 0 Å². The van der Waals surface area contributed by atoms with Crippen LogP contribution < -0.4 is 15.5 Å². The molecule has 0 aromatic carbocycles. The highest BCUT2D eigenvalue weighted by Crippen LogP contribution is 2.33. The number of anilines is 3. The average molecular weight is 466 g/mol. The molecule has 2 N–H and O–H groups in total. The zero-order chi connectivity index (χ0) is 23.6. The third-order valence-corrected chi connectivity index (χ3v) is 5.78. The van der Waals surface area contributed by atoms with Crippen molar-refractivity contribution in [3.63, 3.8) is 0 Å². The predicted octanol–water partition coefficient (Wildman–Crippen LogP) is 1.92. The zero-order valence-corrected chi connectivity index (χ0v) is 19.0. The predicted molar refractivity (Wildman–Crippen MR) is 119 cm³/mol. The van der Waals surface area contributed by atoms with Crippen LogP contribution in [-0.4, -0.2) is 84.8 Å². The van der Waals surface area contributed by atoms with Crippen LogP contribution in [-0.2, 0) is 14.2 Å². The Kier molecular flexibility index (Phi) is 6.86. The number of aromatic nitrogens is 4. The molecular formula is C21H29F2N7O3. The summed E-state index contributed by atoms with van der Waals surface area (Å²) in [5.74, 6) is 0.886. The molecule has 2 aliphatic heterocycles. The molecule has 0 radical (unpaired) electrons. The molecule has 2 fully saturated rings. The number of rotatable bonds is 6. The molecule has 1 atom stereocenters. The second-order valence-electron chi connectivity index (χ2n) is 8.65. The van der Waals surface area contributed by atoms with E-state index in [1.165, 1.54) is 6.20 Å². The molecule has 33 heavy (non-hydrogen) atoms. The molecule has 0 aliphatic carbocycles. The van der Waals surface area contributed by atoms with Crippen molar-refractivity contribution in [3.8, 4) is 11.4 Å². The molecule has 12 heteroatoms. The lowest BCUT2D eigenvalue weighted by molar-refractivity contribution is 0.0590. The van der Waals surface area contributed by atoms with E-state index in [2.05, 4.69) is 15.0 Å². The number of hydrogen-bond donors (Lipinski definition) is 1. The van der Waals surface area contributed by atoms with E-state index in [1.54, 1.807) is 7.11 Å². The molecule has 10 nitrogen and oxygen atoms in total. The molecule has 2 aromatic rings. The topological polar surface area (TPSA) is 112 Å². The van der Waals surface area contributed by atoms with Crippen molar-refractivity contribution in [2.75, 3.05) is 68.8 Å². The average Bonchev–Trinajstić information content (AvgIpc) is 2.79. The van der Waals surface area contributed by atoms with Gasteiger partial charge in [0.15, 0.2) is 5.82 Å². The number of ether oxygens (including phenoxy) is 3. The van der Waals surface area contributed by atoms with E-state index < -0.39 is 12.0 Å². The Morgan fingerprint density at radius 3 is 2.67 bits per heavy atom. The minimum atomic E-state index is -2.77. The van der Waals surface area contributed by atoms with Crippen molar-refractivity contribution in [1.82, 2.24) is 19.9 Å². The standard InChI is InChI=1S/C21H29F2N7O3/c1-21(2)12-33-7-5-30(21)20-27-18(15-9-25-16(24)8-14(15)17(22)23)26-19(28-20)29-4-6-32-11-13(29)10-31-3/h8-9,13,17H,4-7,10-12H2,1-3H3,(H2,24,25)/t13-/m1/s1. The maximum absolute atomic E-state index is 13.9. The number of morpholine rings is 2. The Morgan fingerprint density at radius 1 is 1.18 bits per heavy atom. The van der Waals surface area contributed by atoms with Crippen molar-refractivity contribution in [3.05, 3.63) is 17.8 Å². The third-order valence-electron chi connectivity index (χ3n) is 5.78. The fraction of sp³-hybridized carbons (Fsp3) is 0.619. The second kappa shape index (κ2) is 9.65. The maximum atomic E-state index is 13.9. The number of nitrogens with zero attached hydrogens (tertiary/aromatic N) is 6. The minimum absolute atomic E-state index is 0.00574. The Balaban J connectivity index is 1.86. The van der Waals surface area contributed by atoms with Crippen LogP contribution >= 0.6 is 0 Å². The lowest BCUT2D eigenvalue weighted by Gasteiger charge is -2.42. The summed E-state index contributed by atoms with van der Waals surface area (Å²) >= 11 is 0. The molecule has 2 aromatic heterocycles. The van der Waals surface area contributed by atoms with Gasteiger partial charge in [-0.2, -0.15) is 15.0 Å². The number of nitrogens with two attached hydrogens (primary N) is 1. The third kappa shape index (κ3) is 4.97. The molecule has 4 rings (SSSR count). The molecule has 2 saturated heterocycles. The van der Waals surface area contributed by atoms with E-state index in [1.807, 2.05) is 23.6 Å². The Bertz CT molecular complexity index is 977. The van der Waals surface area contributed by atoms with Crippen molar-refractivity contribution in [2.24, 2.45) is 0 Å². The zero-order valence-electron chi connectivity index (χ0n) is 19.0. The van der Waals surface area contributed by atoms with Gasteiger partial charge in [-0.25, -0.2) is 13.8 Å². The summed E-state index contributed by atoms with van der Waals surface area (Å²) in [7, 11) is 1.61. The molecule has 0 spiro atoms. The van der Waals surface area contributed by atoms with E-state index in [9.17, 15) is 8.78 Å². The Labute approximate surface area is 191 Å². The lowest BCUT2D eigenvalue weighted by Crippen LogP contribution is -2.54. The van der Waals surface area contributed by atoms with Crippen molar-refractivity contribution in [2.45, 2.75) is 31.9 Å². The summed E-state index contributed by atoms with van der Waals surface area (Å²) < 4.78 is 44.3. The van der Waals surface area contributed by atoms with Crippen LogP contribution in [0.15, 0.2) is 12.3 Å². The summed E-state index contributed by atoms with van der Waals surface area (Å²) in [6, 6.07) is 1.04. The van der Waals surface area contributed by atoms with Gasteiger partial charge in [0.25, 0.3) is 6.43 Å². The van der Waals surface area contributed by atoms with E-state index in [-0.39, 0.29) is 28.8 Å². The van der Waals surface area contributed by atoms with Gasteiger partial charge < -0.3 is 29.7 Å². The highest BCUT2D eigenvalue weighted by molar-refractivity contribution is 5.64. The van der Waals surface area contributed by atoms with E-state index in [4.69, 9.17) is 24.9 Å². The van der Waals surface area contributed by atoms with Crippen LogP contribution in [0.1, 0.15) is 25.8 Å². The fourth-order valence-electron chi connectivity index (χ4n) is 4.06. The number of alkyl halides is 2. The number of hydrogen-bond acceptors (Lipinski definition) is 10. The monoisotopic (exact) mass is 465 g/mol. The largest absolute Gasteiger partial charge is 0.384 e. The van der Waals surface area contributed by atoms with E-state index >= 15 is 0 Å². The lowest BCUT2D eigenvalue weighted by atomic mass is 10.0. The second-order valence-corrected chi connectivity index (χ2v) is 8.65. The van der Waals surface area contributed by atoms with Crippen LogP contribution in [0.5, 0.6) is 0 Å². The molecule has 0 bridgehead atoms. The summed E-state index contributed by atoms with van der Waals surface area (Å²) in [6.07, 6.45) is -1.48. The molecule has 180 valence electrons. The van der Waals surface area contributed by atoms with Gasteiger partial charge in [-0.05, 0) is 19.9 Å².